The molecule has 0 aliphatic carbocycles. The summed E-state index contributed by atoms with van der Waals surface area (Å²) in [6, 6.07) is 10.9. The molecule has 104 valence electrons. The van der Waals surface area contributed by atoms with Crippen molar-refractivity contribution in [2.75, 3.05) is 0 Å². The van der Waals surface area contributed by atoms with Crippen LogP contribution in [0.25, 0.3) is 30.6 Å². The largest absolute Gasteiger partial charge is 0.144 e. The Morgan fingerprint density at radius 3 is 2.05 bits per heavy atom. The molecule has 0 spiro atoms. The summed E-state index contributed by atoms with van der Waals surface area (Å²) < 4.78 is 1.19. The second kappa shape index (κ2) is 5.82. The zero-order chi connectivity index (χ0) is 14.2. The molecule has 4 heterocycles. The van der Waals surface area contributed by atoms with Crippen LogP contribution in [0.1, 0.15) is 0 Å². The minimum Gasteiger partial charge on any atom is -0.144 e. The van der Waals surface area contributed by atoms with Crippen LogP contribution in [0.15, 0.2) is 56.3 Å². The van der Waals surface area contributed by atoms with Crippen molar-refractivity contribution in [3.8, 4) is 30.6 Å². The van der Waals surface area contributed by atoms with Gasteiger partial charge in [-0.15, -0.1) is 45.3 Å². The van der Waals surface area contributed by atoms with Gasteiger partial charge in [-0.05, 0) is 61.7 Å². The van der Waals surface area contributed by atoms with Crippen molar-refractivity contribution >= 4 is 61.3 Å². The summed E-state index contributed by atoms with van der Waals surface area (Å²) in [4.78, 5) is 5.39. The first kappa shape index (κ1) is 13.9. The van der Waals surface area contributed by atoms with Crippen molar-refractivity contribution in [2.24, 2.45) is 0 Å². The predicted octanol–water partition coefficient (Wildman–Crippen LogP) is 7.70. The normalized spacial score (nSPS) is 11.1. The molecule has 4 aromatic heterocycles. The summed E-state index contributed by atoms with van der Waals surface area (Å²) in [5, 5.41) is 8.66. The zero-order valence-electron chi connectivity index (χ0n) is 10.7. The molecule has 0 amide bonds. The van der Waals surface area contributed by atoms with E-state index in [4.69, 9.17) is 0 Å². The molecule has 0 nitrogen and oxygen atoms in total. The molecule has 0 N–H and O–H groups in total. The second-order valence-electron chi connectivity index (χ2n) is 4.40. The molecule has 4 rings (SSSR count). The Hall–Kier alpha value is -0.720. The molecule has 0 saturated carbocycles. The van der Waals surface area contributed by atoms with E-state index >= 15 is 0 Å². The van der Waals surface area contributed by atoms with Gasteiger partial charge in [-0.25, -0.2) is 0 Å². The minimum atomic E-state index is 1.19. The molecule has 5 heteroatoms. The van der Waals surface area contributed by atoms with Crippen LogP contribution in [0.4, 0.5) is 0 Å². The fourth-order valence-electron chi connectivity index (χ4n) is 2.26. The first-order valence-corrected chi connectivity index (χ1v) is 10.6. The van der Waals surface area contributed by atoms with E-state index in [0.717, 1.165) is 0 Å². The van der Waals surface area contributed by atoms with Crippen molar-refractivity contribution in [2.45, 2.75) is 0 Å². The number of thiophene rings is 4. The van der Waals surface area contributed by atoms with E-state index in [1.165, 1.54) is 35.1 Å². The predicted molar refractivity (Wildman–Crippen MR) is 102 cm³/mol. The van der Waals surface area contributed by atoms with Gasteiger partial charge in [0.1, 0.15) is 0 Å². The lowest BCUT2D eigenvalue weighted by atomic mass is 10.1. The molecule has 0 bridgehead atoms. The molecule has 0 aromatic carbocycles. The van der Waals surface area contributed by atoms with Crippen LogP contribution in [0.3, 0.4) is 0 Å². The Morgan fingerprint density at radius 1 is 0.619 bits per heavy atom. The van der Waals surface area contributed by atoms with Gasteiger partial charge in [0, 0.05) is 25.4 Å². The summed E-state index contributed by atoms with van der Waals surface area (Å²) in [6.45, 7) is 0. The van der Waals surface area contributed by atoms with Crippen molar-refractivity contribution in [3.05, 3.63) is 56.3 Å². The molecule has 0 saturated heterocycles. The third kappa shape index (κ3) is 2.47. The third-order valence-electron chi connectivity index (χ3n) is 3.19. The maximum atomic E-state index is 3.66. The molecule has 0 aliphatic rings. The van der Waals surface area contributed by atoms with E-state index < -0.39 is 0 Å². The Bertz CT molecular complexity index is 864. The van der Waals surface area contributed by atoms with E-state index in [1.807, 2.05) is 22.7 Å². The average Bonchev–Trinajstić information content (AvgIpc) is 3.25. The molecule has 0 unspecified atom stereocenters. The zero-order valence-corrected chi connectivity index (χ0v) is 15.6. The lowest BCUT2D eigenvalue weighted by molar-refractivity contribution is 1.81. The van der Waals surface area contributed by atoms with E-state index in [9.17, 15) is 0 Å². The minimum absolute atomic E-state index is 1.19. The van der Waals surface area contributed by atoms with Gasteiger partial charge in [0.05, 0.1) is 9.75 Å². The fourth-order valence-corrected chi connectivity index (χ4v) is 6.89. The van der Waals surface area contributed by atoms with Crippen molar-refractivity contribution in [1.82, 2.24) is 0 Å². The molecule has 0 fully saturated rings. The average molecular weight is 409 g/mol. The second-order valence-corrected chi connectivity index (χ2v) is 8.95. The number of halogens is 1. The van der Waals surface area contributed by atoms with Crippen LogP contribution in [0, 0.1) is 0 Å². The molecule has 0 radical (unpaired) electrons. The number of rotatable bonds is 3. The van der Waals surface area contributed by atoms with Gasteiger partial charge < -0.3 is 0 Å². The van der Waals surface area contributed by atoms with Crippen LogP contribution in [0.5, 0.6) is 0 Å². The Morgan fingerprint density at radius 2 is 1.33 bits per heavy atom. The van der Waals surface area contributed by atoms with E-state index in [2.05, 4.69) is 67.8 Å². The lowest BCUT2D eigenvalue weighted by Crippen LogP contribution is -1.76. The number of hydrogen-bond acceptors (Lipinski definition) is 4. The Balaban J connectivity index is 1.89. The van der Waals surface area contributed by atoms with Gasteiger partial charge in [0.2, 0.25) is 0 Å². The molecule has 21 heavy (non-hydrogen) atoms. The monoisotopic (exact) mass is 408 g/mol. The Labute approximate surface area is 147 Å². The Kier molecular flexibility index (Phi) is 3.85. The first-order chi connectivity index (χ1) is 10.3. The summed E-state index contributed by atoms with van der Waals surface area (Å²) in [6.07, 6.45) is 0. The van der Waals surface area contributed by atoms with Crippen molar-refractivity contribution < 1.29 is 0 Å². The van der Waals surface area contributed by atoms with Crippen LogP contribution in [-0.2, 0) is 0 Å². The maximum absolute atomic E-state index is 3.66. The highest BCUT2D eigenvalue weighted by molar-refractivity contribution is 9.10. The van der Waals surface area contributed by atoms with E-state index in [0.29, 0.717) is 0 Å². The van der Waals surface area contributed by atoms with Gasteiger partial charge in [-0.2, -0.15) is 0 Å². The van der Waals surface area contributed by atoms with Crippen molar-refractivity contribution in [1.29, 1.82) is 0 Å². The van der Waals surface area contributed by atoms with Crippen LogP contribution < -0.4 is 0 Å². The van der Waals surface area contributed by atoms with E-state index in [1.54, 1.807) is 22.7 Å². The highest BCUT2D eigenvalue weighted by atomic mass is 79.9. The fraction of sp³-hybridized carbons (Fsp3) is 0. The van der Waals surface area contributed by atoms with Crippen LogP contribution in [-0.4, -0.2) is 0 Å². The lowest BCUT2D eigenvalue weighted by Gasteiger charge is -2.04. The van der Waals surface area contributed by atoms with Crippen LogP contribution >= 0.6 is 61.3 Å². The molecule has 0 aliphatic heterocycles. The standard InChI is InChI=1S/C16H9BrS4/c17-12-5-9-21-16(12)15-11(4-8-20-15)14-10(3-7-19-14)13-2-1-6-18-13/h1-9H. The van der Waals surface area contributed by atoms with Gasteiger partial charge in [-0.3, -0.25) is 0 Å². The first-order valence-electron chi connectivity index (χ1n) is 6.27. The van der Waals surface area contributed by atoms with E-state index in [-0.39, 0.29) is 0 Å². The molecular formula is C16H9BrS4. The number of hydrogen-bond donors (Lipinski definition) is 0. The smallest absolute Gasteiger partial charge is 0.0591 e. The van der Waals surface area contributed by atoms with Gasteiger partial charge in [-0.1, -0.05) is 6.07 Å². The summed E-state index contributed by atoms with van der Waals surface area (Å²) >= 11 is 10.9. The van der Waals surface area contributed by atoms with Gasteiger partial charge >= 0.3 is 0 Å². The topological polar surface area (TPSA) is 0 Å². The molecule has 4 aromatic rings. The molecular weight excluding hydrogens is 400 g/mol. The highest BCUT2D eigenvalue weighted by Gasteiger charge is 2.17. The van der Waals surface area contributed by atoms with Crippen molar-refractivity contribution in [3.63, 3.8) is 0 Å². The quantitative estimate of drug-likeness (QED) is 0.325. The van der Waals surface area contributed by atoms with Gasteiger partial charge in [0.25, 0.3) is 0 Å². The maximum Gasteiger partial charge on any atom is 0.0591 e. The highest BCUT2D eigenvalue weighted by Crippen LogP contribution is 2.47. The van der Waals surface area contributed by atoms with Gasteiger partial charge in [0.15, 0.2) is 0 Å². The summed E-state index contributed by atoms with van der Waals surface area (Å²) in [5.41, 5.74) is 2.70. The summed E-state index contributed by atoms with van der Waals surface area (Å²) in [5.74, 6) is 0. The SMILES string of the molecule is Brc1ccsc1-c1sccc1-c1sccc1-c1cccs1. The van der Waals surface area contributed by atoms with Crippen LogP contribution in [0.2, 0.25) is 0 Å². The third-order valence-corrected chi connectivity index (χ3v) is 7.95. The summed E-state index contributed by atoms with van der Waals surface area (Å²) in [7, 11) is 0. The molecule has 0 atom stereocenters.